The second-order valence-electron chi connectivity index (χ2n) is 8.20. The highest BCUT2D eigenvalue weighted by Crippen LogP contribution is 2.22. The van der Waals surface area contributed by atoms with E-state index in [4.69, 9.17) is 9.47 Å². The highest BCUT2D eigenvalue weighted by atomic mass is 19.1. The summed E-state index contributed by atoms with van der Waals surface area (Å²) in [6.45, 7) is 1.84. The fourth-order valence-corrected chi connectivity index (χ4v) is 3.86. The largest absolute Gasteiger partial charge is 0.483 e. The normalized spacial score (nSPS) is 14.1. The van der Waals surface area contributed by atoms with E-state index in [1.807, 2.05) is 11.6 Å². The Bertz CT molecular complexity index is 1400. The molecular weight excluding hydrogens is 460 g/mol. The average molecular weight is 481 g/mol. The van der Waals surface area contributed by atoms with Crippen molar-refractivity contribution in [2.75, 3.05) is 13.1 Å². The second-order valence-corrected chi connectivity index (χ2v) is 8.20. The van der Waals surface area contributed by atoms with Crippen LogP contribution in [-0.2, 0) is 20.2 Å². The van der Waals surface area contributed by atoms with Crippen LogP contribution in [0.2, 0.25) is 0 Å². The quantitative estimate of drug-likeness (QED) is 0.410. The number of aromatic carboxylic acids is 1. The molecule has 5 rings (SSSR count). The molecule has 0 amide bonds. The van der Waals surface area contributed by atoms with E-state index in [9.17, 15) is 18.7 Å². The van der Waals surface area contributed by atoms with Gasteiger partial charge in [0, 0.05) is 38.5 Å². The molecule has 9 nitrogen and oxygen atoms in total. The van der Waals surface area contributed by atoms with Crippen LogP contribution in [0.1, 0.15) is 22.0 Å². The predicted octanol–water partition coefficient (Wildman–Crippen LogP) is 3.18. The number of imidazole rings is 1. The monoisotopic (exact) mass is 481 g/mol. The van der Waals surface area contributed by atoms with E-state index in [2.05, 4.69) is 19.9 Å². The number of aryl methyl sites for hydroxylation is 1. The number of aromatic nitrogens is 4. The molecule has 0 atom stereocenters. The SMILES string of the molecule is Cn1c(CN2CC(Oc3ccnc(COc4ccc(F)cc4F)n3)C2)nc2ccc(C(=O)O)cc21. The van der Waals surface area contributed by atoms with Crippen LogP contribution in [0.3, 0.4) is 0 Å². The average Bonchev–Trinajstić information content (AvgIpc) is 3.12. The summed E-state index contributed by atoms with van der Waals surface area (Å²) in [7, 11) is 1.87. The Labute approximate surface area is 198 Å². The summed E-state index contributed by atoms with van der Waals surface area (Å²) in [4.78, 5) is 26.4. The van der Waals surface area contributed by atoms with Crippen molar-refractivity contribution in [2.45, 2.75) is 19.3 Å². The molecule has 1 N–H and O–H groups in total. The third-order valence-electron chi connectivity index (χ3n) is 5.73. The van der Waals surface area contributed by atoms with Gasteiger partial charge in [0.2, 0.25) is 5.88 Å². The van der Waals surface area contributed by atoms with Gasteiger partial charge in [-0.15, -0.1) is 0 Å². The number of hydrogen-bond acceptors (Lipinski definition) is 7. The molecular formula is C24H21F2N5O4. The van der Waals surface area contributed by atoms with Crippen LogP contribution in [0.25, 0.3) is 11.0 Å². The minimum Gasteiger partial charge on any atom is -0.483 e. The first kappa shape index (κ1) is 22.7. The number of benzene rings is 2. The Balaban J connectivity index is 1.15. The minimum absolute atomic E-state index is 0.0680. The first-order valence-corrected chi connectivity index (χ1v) is 10.8. The molecule has 0 bridgehead atoms. The van der Waals surface area contributed by atoms with Crippen molar-refractivity contribution in [1.82, 2.24) is 24.4 Å². The fraction of sp³-hybridized carbons (Fsp3) is 0.250. The van der Waals surface area contributed by atoms with Gasteiger partial charge < -0.3 is 19.1 Å². The van der Waals surface area contributed by atoms with Gasteiger partial charge in [0.1, 0.15) is 24.4 Å². The van der Waals surface area contributed by atoms with Gasteiger partial charge in [0.25, 0.3) is 0 Å². The number of likely N-dealkylation sites (tertiary alicyclic amines) is 1. The molecule has 1 fully saturated rings. The number of fused-ring (bicyclic) bond motifs is 1. The number of halogens is 2. The van der Waals surface area contributed by atoms with Crippen LogP contribution in [0, 0.1) is 11.6 Å². The second kappa shape index (κ2) is 9.26. The molecule has 35 heavy (non-hydrogen) atoms. The number of nitrogens with zero attached hydrogens (tertiary/aromatic N) is 5. The van der Waals surface area contributed by atoms with E-state index in [1.54, 1.807) is 24.3 Å². The van der Waals surface area contributed by atoms with E-state index in [1.165, 1.54) is 12.3 Å². The standard InChI is InChI=1S/C24H21F2N5O4/c1-30-19-8-14(24(32)33)2-4-18(19)28-22(30)12-31-10-16(11-31)35-23-6-7-27-21(29-23)13-34-20-5-3-15(25)9-17(20)26/h2-9,16H,10-13H2,1H3,(H,32,33). The molecule has 1 saturated heterocycles. The summed E-state index contributed by atoms with van der Waals surface area (Å²) in [5, 5.41) is 9.21. The van der Waals surface area contributed by atoms with Crippen molar-refractivity contribution in [3.63, 3.8) is 0 Å². The van der Waals surface area contributed by atoms with Gasteiger partial charge in [-0.3, -0.25) is 4.90 Å². The lowest BCUT2D eigenvalue weighted by Gasteiger charge is -2.38. The molecule has 180 valence electrons. The van der Waals surface area contributed by atoms with E-state index in [0.717, 1.165) is 29.0 Å². The number of hydrogen-bond donors (Lipinski definition) is 1. The smallest absolute Gasteiger partial charge is 0.335 e. The van der Waals surface area contributed by atoms with Crippen LogP contribution in [0.15, 0.2) is 48.7 Å². The summed E-state index contributed by atoms with van der Waals surface area (Å²) < 4.78 is 39.9. The Kier molecular flexibility index (Phi) is 6.00. The maximum absolute atomic E-state index is 13.7. The summed E-state index contributed by atoms with van der Waals surface area (Å²) in [6, 6.07) is 9.59. The predicted molar refractivity (Wildman–Crippen MR) is 120 cm³/mol. The van der Waals surface area contributed by atoms with Gasteiger partial charge in [-0.2, -0.15) is 4.98 Å². The molecule has 0 unspecified atom stereocenters. The minimum atomic E-state index is -0.973. The summed E-state index contributed by atoms with van der Waals surface area (Å²) in [6.07, 6.45) is 1.46. The van der Waals surface area contributed by atoms with E-state index < -0.39 is 17.6 Å². The van der Waals surface area contributed by atoms with Crippen molar-refractivity contribution in [2.24, 2.45) is 7.05 Å². The van der Waals surface area contributed by atoms with Crippen LogP contribution < -0.4 is 9.47 Å². The van der Waals surface area contributed by atoms with Gasteiger partial charge in [-0.1, -0.05) is 0 Å². The van der Waals surface area contributed by atoms with Crippen molar-refractivity contribution in [3.8, 4) is 11.6 Å². The zero-order chi connectivity index (χ0) is 24.5. The Morgan fingerprint density at radius 1 is 1.14 bits per heavy atom. The van der Waals surface area contributed by atoms with Gasteiger partial charge in [-0.25, -0.2) is 23.5 Å². The maximum atomic E-state index is 13.7. The van der Waals surface area contributed by atoms with Crippen molar-refractivity contribution < 1.29 is 28.2 Å². The van der Waals surface area contributed by atoms with Crippen molar-refractivity contribution in [3.05, 3.63) is 77.5 Å². The molecule has 0 spiro atoms. The fourth-order valence-electron chi connectivity index (χ4n) is 3.86. The molecule has 1 aliphatic heterocycles. The highest BCUT2D eigenvalue weighted by molar-refractivity contribution is 5.92. The molecule has 0 aliphatic carbocycles. The zero-order valence-electron chi connectivity index (χ0n) is 18.7. The third-order valence-corrected chi connectivity index (χ3v) is 5.73. The molecule has 3 heterocycles. The summed E-state index contributed by atoms with van der Waals surface area (Å²) in [5.41, 5.74) is 1.74. The maximum Gasteiger partial charge on any atom is 0.335 e. The van der Waals surface area contributed by atoms with E-state index in [0.29, 0.717) is 31.3 Å². The number of carboxylic acids is 1. The number of carboxylic acid groups (broad SMARTS) is 1. The van der Waals surface area contributed by atoms with Crippen molar-refractivity contribution >= 4 is 17.0 Å². The third kappa shape index (κ3) is 4.90. The van der Waals surface area contributed by atoms with Gasteiger partial charge in [0.05, 0.1) is 23.1 Å². The topological polar surface area (TPSA) is 103 Å². The first-order valence-electron chi connectivity index (χ1n) is 10.8. The van der Waals surface area contributed by atoms with Gasteiger partial charge in [-0.05, 0) is 30.3 Å². The molecule has 4 aromatic rings. The van der Waals surface area contributed by atoms with E-state index >= 15 is 0 Å². The molecule has 1 aliphatic rings. The lowest BCUT2D eigenvalue weighted by atomic mass is 10.1. The van der Waals surface area contributed by atoms with Gasteiger partial charge in [0.15, 0.2) is 17.4 Å². The number of ether oxygens (including phenoxy) is 2. The van der Waals surface area contributed by atoms with Crippen LogP contribution in [0.4, 0.5) is 8.78 Å². The first-order chi connectivity index (χ1) is 16.9. The lowest BCUT2D eigenvalue weighted by Crippen LogP contribution is -2.53. The summed E-state index contributed by atoms with van der Waals surface area (Å²) in [5.74, 6) is -1.02. The Morgan fingerprint density at radius 2 is 1.97 bits per heavy atom. The Morgan fingerprint density at radius 3 is 2.74 bits per heavy atom. The van der Waals surface area contributed by atoms with Crippen LogP contribution in [-0.4, -0.2) is 54.7 Å². The lowest BCUT2D eigenvalue weighted by molar-refractivity contribution is 0.00958. The zero-order valence-corrected chi connectivity index (χ0v) is 18.7. The molecule has 2 aromatic carbocycles. The summed E-state index contributed by atoms with van der Waals surface area (Å²) >= 11 is 0. The molecule has 0 radical (unpaired) electrons. The number of carbonyl (C=O) groups is 1. The van der Waals surface area contributed by atoms with Crippen LogP contribution >= 0.6 is 0 Å². The molecule has 0 saturated carbocycles. The number of rotatable bonds is 8. The molecule has 11 heteroatoms. The van der Waals surface area contributed by atoms with Crippen molar-refractivity contribution in [1.29, 1.82) is 0 Å². The Hall–Kier alpha value is -4.12. The van der Waals surface area contributed by atoms with E-state index in [-0.39, 0.29) is 24.0 Å². The van der Waals surface area contributed by atoms with Crippen LogP contribution in [0.5, 0.6) is 11.6 Å². The van der Waals surface area contributed by atoms with Gasteiger partial charge >= 0.3 is 5.97 Å². The highest BCUT2D eigenvalue weighted by Gasteiger charge is 2.30. The molecule has 2 aromatic heterocycles.